The monoisotopic (exact) mass is 731 g/mol. The number of likely N-dealkylation sites (tertiary alicyclic amines) is 1. The van der Waals surface area contributed by atoms with Crippen molar-refractivity contribution in [3.63, 3.8) is 0 Å². The summed E-state index contributed by atoms with van der Waals surface area (Å²) in [6.07, 6.45) is -1.33. The van der Waals surface area contributed by atoms with E-state index in [0.29, 0.717) is 25.7 Å². The topological polar surface area (TPSA) is 171 Å². The predicted octanol–water partition coefficient (Wildman–Crippen LogP) is 3.16. The first-order valence-electron chi connectivity index (χ1n) is 17.5. The maximum atomic E-state index is 14.4. The number of urea groups is 1. The summed E-state index contributed by atoms with van der Waals surface area (Å²) in [6, 6.07) is -4.85. The third-order valence-corrected chi connectivity index (χ3v) is 13.6. The third-order valence-electron chi connectivity index (χ3n) is 11.2. The average molecular weight is 732 g/mol. The van der Waals surface area contributed by atoms with Crippen LogP contribution in [0.4, 0.5) is 18.0 Å². The minimum Gasteiger partial charge on any atom is -0.346 e. The molecule has 2 aliphatic heterocycles. The summed E-state index contributed by atoms with van der Waals surface area (Å²) < 4.78 is 65.6. The fraction of sp³-hybridized carbons (Fsp3) is 0.794. The molecule has 282 valence electrons. The van der Waals surface area contributed by atoms with Gasteiger partial charge in [-0.05, 0) is 54.8 Å². The van der Waals surface area contributed by atoms with Crippen molar-refractivity contribution in [1.29, 1.82) is 0 Å². The quantitative estimate of drug-likeness (QED) is 0.177. The van der Waals surface area contributed by atoms with E-state index in [1.54, 1.807) is 20.8 Å². The van der Waals surface area contributed by atoms with Gasteiger partial charge in [-0.3, -0.25) is 19.2 Å². The van der Waals surface area contributed by atoms with Gasteiger partial charge in [0.1, 0.15) is 12.1 Å². The maximum Gasteiger partial charge on any atom is 0.389 e. The Morgan fingerprint density at radius 3 is 2.18 bits per heavy atom. The smallest absolute Gasteiger partial charge is 0.346 e. The molecule has 3 unspecified atom stereocenters. The van der Waals surface area contributed by atoms with E-state index in [2.05, 4.69) is 27.8 Å². The maximum absolute atomic E-state index is 14.4. The number of hydrogen-bond donors (Lipinski definition) is 4. The second kappa shape index (κ2) is 14.5. The van der Waals surface area contributed by atoms with Crippen molar-refractivity contribution >= 4 is 39.4 Å². The molecule has 0 aromatic carbocycles. The summed E-state index contributed by atoms with van der Waals surface area (Å²) in [5, 5.41) is 9.63. The Morgan fingerprint density at radius 1 is 1.00 bits per heavy atom. The summed E-state index contributed by atoms with van der Waals surface area (Å²) in [6.45, 7) is 12.5. The van der Waals surface area contributed by atoms with Gasteiger partial charge in [0.15, 0.2) is 9.84 Å². The second-order valence-corrected chi connectivity index (χ2v) is 18.4. The van der Waals surface area contributed by atoms with Gasteiger partial charge in [-0.1, -0.05) is 60.0 Å². The third kappa shape index (κ3) is 8.47. The Kier molecular flexibility index (Phi) is 11.5. The van der Waals surface area contributed by atoms with E-state index in [-0.39, 0.29) is 30.7 Å². The van der Waals surface area contributed by atoms with E-state index in [4.69, 9.17) is 0 Å². The predicted molar refractivity (Wildman–Crippen MR) is 179 cm³/mol. The molecule has 2 aliphatic carbocycles. The van der Waals surface area contributed by atoms with Crippen LogP contribution in [0.1, 0.15) is 92.4 Å². The number of halogens is 3. The molecule has 2 heterocycles. The average Bonchev–Trinajstić information content (AvgIpc) is 3.33. The number of Topliss-reactive ketones (excluding diaryl/α,β-unsaturated/α-hetero) is 1. The number of carbonyl (C=O) groups is 5. The largest absolute Gasteiger partial charge is 0.389 e. The van der Waals surface area contributed by atoms with E-state index >= 15 is 0 Å². The fourth-order valence-corrected chi connectivity index (χ4v) is 10.7. The fourth-order valence-electron chi connectivity index (χ4n) is 8.39. The molecule has 2 saturated heterocycles. The van der Waals surface area contributed by atoms with Crippen LogP contribution in [0.15, 0.2) is 12.7 Å². The molecule has 4 aliphatic rings. The number of piperidine rings is 1. The van der Waals surface area contributed by atoms with Crippen LogP contribution in [0, 0.1) is 22.7 Å². The molecule has 5 amide bonds. The van der Waals surface area contributed by atoms with Gasteiger partial charge < -0.3 is 26.2 Å². The summed E-state index contributed by atoms with van der Waals surface area (Å²) >= 11 is 0. The van der Waals surface area contributed by atoms with Gasteiger partial charge in [0.25, 0.3) is 5.91 Å². The first kappa shape index (κ1) is 39.6. The molecule has 4 fully saturated rings. The molecule has 4 rings (SSSR count). The number of rotatable bonds is 12. The molecule has 0 spiro atoms. The molecule has 12 nitrogen and oxygen atoms in total. The van der Waals surface area contributed by atoms with Gasteiger partial charge in [0.2, 0.25) is 17.6 Å². The van der Waals surface area contributed by atoms with E-state index in [1.807, 2.05) is 13.8 Å². The standard InChI is InChI=1S/C34H52F3N5O7S/c1-7-17-38-28(45)25(43)21(13-16-34(35,36)37)39-27(44)24-23-20(32(23,5)6)19-42(24)29(46)26(31(2,3)4)40-30(47)41-33(14-9-8-10-15-33)22-12-11-18-50(22,48)49/h7,20-24,26H,1,8-19H2,2-6H3,(H,38,45)(H,39,44)(H2,40,41,47)/t20-,21?,22?,23?,24+,26-/m1/s1. The summed E-state index contributed by atoms with van der Waals surface area (Å²) in [5.41, 5.74) is -2.25. The number of hydrogen-bond acceptors (Lipinski definition) is 7. The Morgan fingerprint density at radius 2 is 1.64 bits per heavy atom. The van der Waals surface area contributed by atoms with E-state index in [0.717, 1.165) is 19.3 Å². The van der Waals surface area contributed by atoms with Gasteiger partial charge in [-0.25, -0.2) is 13.2 Å². The zero-order valence-electron chi connectivity index (χ0n) is 29.6. The highest BCUT2D eigenvalue weighted by Gasteiger charge is 2.70. The number of fused-ring (bicyclic) bond motifs is 1. The molecule has 0 bridgehead atoms. The van der Waals surface area contributed by atoms with Gasteiger partial charge in [-0.2, -0.15) is 13.2 Å². The zero-order chi connectivity index (χ0) is 37.4. The van der Waals surface area contributed by atoms with Crippen LogP contribution in [0.2, 0.25) is 0 Å². The lowest BCUT2D eigenvalue weighted by Crippen LogP contribution is -2.65. The Balaban J connectivity index is 1.57. The van der Waals surface area contributed by atoms with E-state index < -0.39 is 98.1 Å². The van der Waals surface area contributed by atoms with E-state index in [9.17, 15) is 45.6 Å². The van der Waals surface area contributed by atoms with Crippen LogP contribution < -0.4 is 21.3 Å². The summed E-state index contributed by atoms with van der Waals surface area (Å²) in [4.78, 5) is 68.7. The molecule has 50 heavy (non-hydrogen) atoms. The molecular formula is C34H52F3N5O7S. The molecule has 2 saturated carbocycles. The van der Waals surface area contributed by atoms with Crippen LogP contribution in [-0.2, 0) is 29.0 Å². The second-order valence-electron chi connectivity index (χ2n) is 16.1. The highest BCUT2D eigenvalue weighted by Crippen LogP contribution is 2.65. The Hall–Kier alpha value is -3.17. The van der Waals surface area contributed by atoms with E-state index in [1.165, 1.54) is 11.0 Å². The molecule has 16 heteroatoms. The number of ketones is 1. The van der Waals surface area contributed by atoms with Crippen molar-refractivity contribution in [3.8, 4) is 0 Å². The highest BCUT2D eigenvalue weighted by molar-refractivity contribution is 7.92. The van der Waals surface area contributed by atoms with Crippen molar-refractivity contribution in [3.05, 3.63) is 12.7 Å². The van der Waals surface area contributed by atoms with Crippen LogP contribution in [0.25, 0.3) is 0 Å². The van der Waals surface area contributed by atoms with Crippen molar-refractivity contribution < 1.29 is 45.6 Å². The Labute approximate surface area is 292 Å². The molecule has 6 atom stereocenters. The van der Waals surface area contributed by atoms with Crippen molar-refractivity contribution in [2.24, 2.45) is 22.7 Å². The normalized spacial score (nSPS) is 27.6. The van der Waals surface area contributed by atoms with Gasteiger partial charge in [0.05, 0.1) is 22.6 Å². The summed E-state index contributed by atoms with van der Waals surface area (Å²) in [7, 11) is -3.42. The van der Waals surface area contributed by atoms with Crippen LogP contribution in [0.5, 0.6) is 0 Å². The minimum atomic E-state index is -4.66. The van der Waals surface area contributed by atoms with Gasteiger partial charge >= 0.3 is 12.2 Å². The zero-order valence-corrected chi connectivity index (χ0v) is 30.4. The van der Waals surface area contributed by atoms with Crippen molar-refractivity contribution in [2.75, 3.05) is 18.8 Å². The lowest BCUT2D eigenvalue weighted by atomic mass is 9.78. The van der Waals surface area contributed by atoms with Crippen LogP contribution >= 0.6 is 0 Å². The molecular weight excluding hydrogens is 679 g/mol. The first-order valence-corrected chi connectivity index (χ1v) is 19.2. The van der Waals surface area contributed by atoms with Crippen LogP contribution in [0.3, 0.4) is 0 Å². The lowest BCUT2D eigenvalue weighted by Gasteiger charge is -2.43. The van der Waals surface area contributed by atoms with Gasteiger partial charge in [-0.15, -0.1) is 6.58 Å². The first-order chi connectivity index (χ1) is 23.1. The highest BCUT2D eigenvalue weighted by atomic mass is 32.2. The number of sulfone groups is 1. The SMILES string of the molecule is C=CCNC(=O)C(=O)C(CCC(F)(F)F)NC(=O)[C@@H]1C2[C@@H](CN1C(=O)[C@@H](NC(=O)NC1(C3CCCS3(=O)=O)CCCCC1)C(C)(C)C)C2(C)C. The van der Waals surface area contributed by atoms with Crippen molar-refractivity contribution in [2.45, 2.75) is 127 Å². The number of amides is 5. The van der Waals surface area contributed by atoms with Crippen molar-refractivity contribution in [1.82, 2.24) is 26.2 Å². The Bertz CT molecular complexity index is 1470. The number of alkyl halides is 3. The van der Waals surface area contributed by atoms with Crippen LogP contribution in [-0.4, -0.2) is 96.8 Å². The number of carbonyl (C=O) groups excluding carboxylic acids is 5. The molecule has 0 aromatic heterocycles. The number of nitrogens with zero attached hydrogens (tertiary/aromatic N) is 1. The van der Waals surface area contributed by atoms with Gasteiger partial charge in [0, 0.05) is 19.5 Å². The molecule has 0 aromatic rings. The number of nitrogens with one attached hydrogen (secondary N) is 4. The lowest BCUT2D eigenvalue weighted by molar-refractivity contribution is -0.148. The molecule has 0 radical (unpaired) electrons. The molecule has 4 N–H and O–H groups in total. The summed E-state index contributed by atoms with van der Waals surface area (Å²) in [5.74, 6) is -4.33. The minimum absolute atomic E-state index is 0.0606.